The Morgan fingerprint density at radius 1 is 1.40 bits per heavy atom. The lowest BCUT2D eigenvalue weighted by atomic mass is 10.2. The minimum atomic E-state index is 0.635. The Labute approximate surface area is 93.8 Å². The van der Waals surface area contributed by atoms with Gasteiger partial charge < -0.3 is 10.2 Å². The molecular weight excluding hydrogens is 206 g/mol. The van der Waals surface area contributed by atoms with E-state index in [1.165, 1.54) is 5.56 Å². The summed E-state index contributed by atoms with van der Waals surface area (Å²) in [6, 6.07) is 5.77. The van der Waals surface area contributed by atoms with Crippen LogP contribution in [0.1, 0.15) is 19.4 Å². The average Bonchev–Trinajstić information content (AvgIpc) is 2.57. The van der Waals surface area contributed by atoms with E-state index in [2.05, 4.69) is 13.8 Å². The molecule has 0 spiro atoms. The largest absolute Gasteiger partial charge is 0.464 e. The van der Waals surface area contributed by atoms with Gasteiger partial charge in [0.25, 0.3) is 0 Å². The lowest BCUT2D eigenvalue weighted by molar-refractivity contribution is 0.612. The Balaban J connectivity index is 2.31. The number of anilines is 1. The molecule has 0 bridgehead atoms. The summed E-state index contributed by atoms with van der Waals surface area (Å²) in [5.41, 5.74) is 8.70. The van der Waals surface area contributed by atoms with E-state index in [0.29, 0.717) is 5.25 Å². The van der Waals surface area contributed by atoms with Crippen LogP contribution in [0.25, 0.3) is 11.0 Å². The van der Waals surface area contributed by atoms with Crippen molar-refractivity contribution >= 4 is 28.4 Å². The second kappa shape index (κ2) is 4.19. The van der Waals surface area contributed by atoms with E-state index in [9.17, 15) is 0 Å². The van der Waals surface area contributed by atoms with Gasteiger partial charge in [-0.15, -0.1) is 0 Å². The van der Waals surface area contributed by atoms with E-state index in [-0.39, 0.29) is 0 Å². The summed E-state index contributed by atoms with van der Waals surface area (Å²) in [6.45, 7) is 4.39. The predicted molar refractivity (Wildman–Crippen MR) is 67.1 cm³/mol. The molecule has 2 N–H and O–H groups in total. The molecular formula is C12H15NOS. The molecule has 1 heterocycles. The molecule has 1 aromatic heterocycles. The molecule has 0 aliphatic rings. The highest BCUT2D eigenvalue weighted by molar-refractivity contribution is 7.99. The van der Waals surface area contributed by atoms with Crippen LogP contribution in [0, 0.1) is 0 Å². The highest BCUT2D eigenvalue weighted by Crippen LogP contribution is 2.27. The molecule has 0 saturated carbocycles. The van der Waals surface area contributed by atoms with Crippen LogP contribution >= 0.6 is 11.8 Å². The number of benzene rings is 1. The molecule has 0 aliphatic carbocycles. The number of fused-ring (bicyclic) bond motifs is 1. The molecule has 15 heavy (non-hydrogen) atoms. The quantitative estimate of drug-likeness (QED) is 0.804. The summed E-state index contributed by atoms with van der Waals surface area (Å²) in [7, 11) is 0. The highest BCUT2D eigenvalue weighted by atomic mass is 32.2. The van der Waals surface area contributed by atoms with Crippen LogP contribution in [0.15, 0.2) is 28.9 Å². The zero-order valence-electron chi connectivity index (χ0n) is 8.99. The van der Waals surface area contributed by atoms with Crippen molar-refractivity contribution < 1.29 is 4.42 Å². The van der Waals surface area contributed by atoms with Crippen LogP contribution in [0.2, 0.25) is 0 Å². The maximum Gasteiger partial charge on any atom is 0.134 e. The fourth-order valence-corrected chi connectivity index (χ4v) is 2.20. The van der Waals surface area contributed by atoms with Gasteiger partial charge in [0.05, 0.1) is 6.26 Å². The third kappa shape index (κ3) is 2.29. The average molecular weight is 221 g/mol. The van der Waals surface area contributed by atoms with Gasteiger partial charge in [-0.3, -0.25) is 0 Å². The fourth-order valence-electron chi connectivity index (χ4n) is 1.47. The van der Waals surface area contributed by atoms with Crippen LogP contribution in [0.4, 0.5) is 5.69 Å². The standard InChI is InChI=1S/C12H15NOS/c1-8(2)15-7-9-6-14-12-4-3-10(13)5-11(9)12/h3-6,8H,7,13H2,1-2H3. The van der Waals surface area contributed by atoms with Crippen LogP contribution in [0.3, 0.4) is 0 Å². The molecule has 80 valence electrons. The Morgan fingerprint density at radius 2 is 2.20 bits per heavy atom. The van der Waals surface area contributed by atoms with Crippen molar-refractivity contribution in [2.75, 3.05) is 5.73 Å². The fraction of sp³-hybridized carbons (Fsp3) is 0.333. The minimum Gasteiger partial charge on any atom is -0.464 e. The summed E-state index contributed by atoms with van der Waals surface area (Å²) in [5, 5.41) is 1.78. The van der Waals surface area contributed by atoms with E-state index in [4.69, 9.17) is 10.2 Å². The monoisotopic (exact) mass is 221 g/mol. The Morgan fingerprint density at radius 3 is 2.93 bits per heavy atom. The second-order valence-electron chi connectivity index (χ2n) is 3.88. The van der Waals surface area contributed by atoms with Crippen molar-refractivity contribution in [2.24, 2.45) is 0 Å². The number of hydrogen-bond acceptors (Lipinski definition) is 3. The predicted octanol–water partition coefficient (Wildman–Crippen LogP) is 3.66. The van der Waals surface area contributed by atoms with Crippen molar-refractivity contribution in [3.63, 3.8) is 0 Å². The van der Waals surface area contributed by atoms with Crippen LogP contribution in [0.5, 0.6) is 0 Å². The zero-order chi connectivity index (χ0) is 10.8. The van der Waals surface area contributed by atoms with Crippen LogP contribution < -0.4 is 5.73 Å². The van der Waals surface area contributed by atoms with Gasteiger partial charge in [-0.1, -0.05) is 13.8 Å². The lowest BCUT2D eigenvalue weighted by Gasteiger charge is -2.02. The van der Waals surface area contributed by atoms with Gasteiger partial charge in [-0.2, -0.15) is 11.8 Å². The third-order valence-corrected chi connectivity index (χ3v) is 3.39. The summed E-state index contributed by atoms with van der Waals surface area (Å²) in [4.78, 5) is 0. The Hall–Kier alpha value is -1.09. The minimum absolute atomic E-state index is 0.635. The van der Waals surface area contributed by atoms with Crippen molar-refractivity contribution in [1.29, 1.82) is 0 Å². The summed E-state index contributed by atoms with van der Waals surface area (Å²) in [5.74, 6) is 0.980. The van der Waals surface area contributed by atoms with Gasteiger partial charge in [0, 0.05) is 22.4 Å². The molecule has 0 saturated heterocycles. The molecule has 2 nitrogen and oxygen atoms in total. The zero-order valence-corrected chi connectivity index (χ0v) is 9.80. The summed E-state index contributed by atoms with van der Waals surface area (Å²) in [6.07, 6.45) is 1.83. The SMILES string of the molecule is CC(C)SCc1coc2ccc(N)cc12. The number of furan rings is 1. The molecule has 1 aromatic carbocycles. The summed E-state index contributed by atoms with van der Waals surface area (Å²) < 4.78 is 5.47. The Bertz CT molecular complexity index is 462. The molecule has 3 heteroatoms. The molecule has 0 atom stereocenters. The van der Waals surface area contributed by atoms with Gasteiger partial charge in [0.1, 0.15) is 5.58 Å². The highest BCUT2D eigenvalue weighted by Gasteiger charge is 2.06. The first-order valence-corrected chi connectivity index (χ1v) is 6.09. The number of thioether (sulfide) groups is 1. The van der Waals surface area contributed by atoms with E-state index in [0.717, 1.165) is 22.4 Å². The molecule has 0 fully saturated rings. The summed E-state index contributed by atoms with van der Waals surface area (Å²) >= 11 is 1.91. The number of nitrogens with two attached hydrogens (primary N) is 1. The van der Waals surface area contributed by atoms with Crippen molar-refractivity contribution in [1.82, 2.24) is 0 Å². The third-order valence-electron chi connectivity index (χ3n) is 2.25. The van der Waals surface area contributed by atoms with E-state index >= 15 is 0 Å². The molecule has 0 amide bonds. The second-order valence-corrected chi connectivity index (χ2v) is 5.44. The topological polar surface area (TPSA) is 39.2 Å². The van der Waals surface area contributed by atoms with Gasteiger partial charge in [0.15, 0.2) is 0 Å². The van der Waals surface area contributed by atoms with Gasteiger partial charge in [-0.05, 0) is 23.4 Å². The first kappa shape index (κ1) is 10.4. The number of hydrogen-bond donors (Lipinski definition) is 1. The molecule has 0 radical (unpaired) electrons. The van der Waals surface area contributed by atoms with Crippen LogP contribution in [-0.2, 0) is 5.75 Å². The van der Waals surface area contributed by atoms with Crippen LogP contribution in [-0.4, -0.2) is 5.25 Å². The van der Waals surface area contributed by atoms with Gasteiger partial charge in [-0.25, -0.2) is 0 Å². The molecule has 2 rings (SSSR count). The maximum atomic E-state index is 5.76. The maximum absolute atomic E-state index is 5.76. The molecule has 0 aliphatic heterocycles. The lowest BCUT2D eigenvalue weighted by Crippen LogP contribution is -1.88. The number of nitrogen functional groups attached to an aromatic ring is 1. The van der Waals surface area contributed by atoms with Crippen molar-refractivity contribution in [3.05, 3.63) is 30.0 Å². The normalized spacial score (nSPS) is 11.4. The van der Waals surface area contributed by atoms with E-state index in [1.807, 2.05) is 36.2 Å². The first-order chi connectivity index (χ1) is 7.16. The molecule has 0 unspecified atom stereocenters. The van der Waals surface area contributed by atoms with E-state index < -0.39 is 0 Å². The Kier molecular flexibility index (Phi) is 2.91. The van der Waals surface area contributed by atoms with Crippen molar-refractivity contribution in [2.45, 2.75) is 24.9 Å². The first-order valence-electron chi connectivity index (χ1n) is 5.04. The van der Waals surface area contributed by atoms with Crippen molar-refractivity contribution in [3.8, 4) is 0 Å². The van der Waals surface area contributed by atoms with E-state index in [1.54, 1.807) is 0 Å². The molecule has 2 aromatic rings. The smallest absolute Gasteiger partial charge is 0.134 e. The van der Waals surface area contributed by atoms with Gasteiger partial charge in [0.2, 0.25) is 0 Å². The number of rotatable bonds is 3. The van der Waals surface area contributed by atoms with Gasteiger partial charge >= 0.3 is 0 Å².